The number of rotatable bonds is 3. The Morgan fingerprint density at radius 1 is 1.27 bits per heavy atom. The van der Waals surface area contributed by atoms with Crippen molar-refractivity contribution in [2.24, 2.45) is 0 Å². The summed E-state index contributed by atoms with van der Waals surface area (Å²) in [6.45, 7) is 0.642. The van der Waals surface area contributed by atoms with Gasteiger partial charge >= 0.3 is 0 Å². The van der Waals surface area contributed by atoms with Gasteiger partial charge in [0.25, 0.3) is 0 Å². The lowest BCUT2D eigenvalue weighted by Crippen LogP contribution is -2.49. The Morgan fingerprint density at radius 2 is 2.04 bits per heavy atom. The maximum Gasteiger partial charge on any atom is 0.248 e. The second kappa shape index (κ2) is 10.5. The zero-order valence-electron chi connectivity index (χ0n) is 15.5. The van der Waals surface area contributed by atoms with E-state index in [0.717, 1.165) is 24.8 Å². The maximum atomic E-state index is 12.3. The summed E-state index contributed by atoms with van der Waals surface area (Å²) >= 11 is 0. The zero-order valence-corrected chi connectivity index (χ0v) is 15.5. The predicted octanol–water partition coefficient (Wildman–Crippen LogP) is 0.614. The number of aliphatic hydroxyl groups excluding tert-OH is 2. The summed E-state index contributed by atoms with van der Waals surface area (Å²) in [4.78, 5) is 13.9. The standard InChI is InChI=1S/C19H29NO6/c1-24-13-18(22)20-10-6-5-8-14-7-3-4-9-16(14)26-12-15(21)19(23)17(11-20)25-2/h3-4,7,9,15,17,19,21,23H,5-6,8,10-13H2,1-2H3/t15-,17+,19-/m1/s1. The van der Waals surface area contributed by atoms with Crippen molar-refractivity contribution in [2.45, 2.75) is 37.6 Å². The first-order valence-corrected chi connectivity index (χ1v) is 8.93. The molecule has 0 fully saturated rings. The van der Waals surface area contributed by atoms with Crippen LogP contribution in [0.1, 0.15) is 18.4 Å². The van der Waals surface area contributed by atoms with Crippen molar-refractivity contribution in [3.8, 4) is 5.75 Å². The molecule has 7 nitrogen and oxygen atoms in total. The van der Waals surface area contributed by atoms with Gasteiger partial charge in [0.15, 0.2) is 0 Å². The molecule has 1 amide bonds. The average molecular weight is 367 g/mol. The lowest BCUT2D eigenvalue weighted by molar-refractivity contribution is -0.141. The van der Waals surface area contributed by atoms with Gasteiger partial charge in [-0.25, -0.2) is 0 Å². The molecule has 0 unspecified atom stereocenters. The summed E-state index contributed by atoms with van der Waals surface area (Å²) in [7, 11) is 2.92. The molecule has 0 aliphatic carbocycles. The van der Waals surface area contributed by atoms with E-state index in [9.17, 15) is 15.0 Å². The second-order valence-corrected chi connectivity index (χ2v) is 6.48. The molecular weight excluding hydrogens is 338 g/mol. The van der Waals surface area contributed by atoms with Crippen molar-refractivity contribution >= 4 is 5.91 Å². The quantitative estimate of drug-likeness (QED) is 0.814. The number of hydrogen-bond acceptors (Lipinski definition) is 6. The minimum Gasteiger partial charge on any atom is -0.491 e. The molecule has 1 aliphatic rings. The van der Waals surface area contributed by atoms with Gasteiger partial charge in [-0.3, -0.25) is 4.79 Å². The van der Waals surface area contributed by atoms with E-state index in [1.54, 1.807) is 4.90 Å². The molecule has 3 atom stereocenters. The summed E-state index contributed by atoms with van der Waals surface area (Å²) in [6, 6.07) is 7.67. The number of benzene rings is 1. The first kappa shape index (κ1) is 20.6. The fraction of sp³-hybridized carbons (Fsp3) is 0.632. The van der Waals surface area contributed by atoms with Crippen LogP contribution in [0.3, 0.4) is 0 Å². The molecule has 146 valence electrons. The average Bonchev–Trinajstić information content (AvgIpc) is 2.66. The molecule has 0 spiro atoms. The van der Waals surface area contributed by atoms with Gasteiger partial charge in [0.2, 0.25) is 5.91 Å². The summed E-state index contributed by atoms with van der Waals surface area (Å²) in [6.07, 6.45) is -0.516. The molecule has 0 saturated heterocycles. The lowest BCUT2D eigenvalue weighted by atomic mass is 10.1. The molecule has 7 heteroatoms. The van der Waals surface area contributed by atoms with Crippen molar-refractivity contribution in [1.29, 1.82) is 0 Å². The Balaban J connectivity index is 2.19. The van der Waals surface area contributed by atoms with Crippen molar-refractivity contribution in [2.75, 3.05) is 40.5 Å². The van der Waals surface area contributed by atoms with Crippen molar-refractivity contribution in [3.05, 3.63) is 29.8 Å². The first-order valence-electron chi connectivity index (χ1n) is 8.93. The van der Waals surface area contributed by atoms with Gasteiger partial charge in [-0.1, -0.05) is 18.2 Å². The molecule has 26 heavy (non-hydrogen) atoms. The topological polar surface area (TPSA) is 88.5 Å². The van der Waals surface area contributed by atoms with E-state index in [-0.39, 0.29) is 25.7 Å². The fourth-order valence-electron chi connectivity index (χ4n) is 3.06. The van der Waals surface area contributed by atoms with E-state index < -0.39 is 18.3 Å². The van der Waals surface area contributed by atoms with Crippen LogP contribution < -0.4 is 4.74 Å². The third-order valence-corrected chi connectivity index (χ3v) is 4.61. The zero-order chi connectivity index (χ0) is 18.9. The minimum absolute atomic E-state index is 0.0268. The van der Waals surface area contributed by atoms with E-state index in [2.05, 4.69) is 0 Å². The highest BCUT2D eigenvalue weighted by Crippen LogP contribution is 2.21. The maximum absolute atomic E-state index is 12.3. The van der Waals surface area contributed by atoms with Crippen LogP contribution in [0.4, 0.5) is 0 Å². The van der Waals surface area contributed by atoms with E-state index in [1.807, 2.05) is 24.3 Å². The van der Waals surface area contributed by atoms with Crippen LogP contribution >= 0.6 is 0 Å². The lowest BCUT2D eigenvalue weighted by Gasteiger charge is -2.31. The van der Waals surface area contributed by atoms with Crippen LogP contribution in [-0.4, -0.2) is 79.9 Å². The van der Waals surface area contributed by atoms with Crippen LogP contribution in [0, 0.1) is 0 Å². The molecule has 1 aliphatic heterocycles. The largest absolute Gasteiger partial charge is 0.491 e. The number of fused-ring (bicyclic) bond motifs is 1. The van der Waals surface area contributed by atoms with Crippen molar-refractivity contribution in [1.82, 2.24) is 4.90 Å². The molecular formula is C19H29NO6. The number of nitrogens with zero attached hydrogens (tertiary/aromatic N) is 1. The van der Waals surface area contributed by atoms with E-state index in [4.69, 9.17) is 14.2 Å². The van der Waals surface area contributed by atoms with Crippen molar-refractivity contribution in [3.63, 3.8) is 0 Å². The van der Waals surface area contributed by atoms with Crippen molar-refractivity contribution < 1.29 is 29.2 Å². The van der Waals surface area contributed by atoms with Crippen LogP contribution in [0.15, 0.2) is 24.3 Å². The van der Waals surface area contributed by atoms with Gasteiger partial charge in [-0.2, -0.15) is 0 Å². The molecule has 0 bridgehead atoms. The SMILES string of the molecule is COCC(=O)N1CCCCc2ccccc2OC[C@@H](O)[C@@H](O)[C@@H](OC)C1. The Morgan fingerprint density at radius 3 is 2.77 bits per heavy atom. The highest BCUT2D eigenvalue weighted by molar-refractivity contribution is 5.77. The predicted molar refractivity (Wildman–Crippen MR) is 96.1 cm³/mol. The van der Waals surface area contributed by atoms with E-state index >= 15 is 0 Å². The molecule has 2 rings (SSSR count). The van der Waals surface area contributed by atoms with Crippen LogP contribution in [0.25, 0.3) is 0 Å². The normalized spacial score (nSPS) is 25.2. The Bertz CT molecular complexity index is 567. The Labute approximate surface area is 154 Å². The van der Waals surface area contributed by atoms with Gasteiger partial charge < -0.3 is 29.3 Å². The molecule has 0 radical (unpaired) electrons. The minimum atomic E-state index is -1.18. The fourth-order valence-corrected chi connectivity index (χ4v) is 3.06. The van der Waals surface area contributed by atoms with Gasteiger partial charge in [-0.15, -0.1) is 0 Å². The van der Waals surface area contributed by atoms with Crippen LogP contribution in [0.5, 0.6) is 5.75 Å². The summed E-state index contributed by atoms with van der Waals surface area (Å²) in [5.74, 6) is 0.544. The number of amides is 1. The Hall–Kier alpha value is -1.67. The Kier molecular flexibility index (Phi) is 8.31. The molecule has 1 aromatic rings. The molecule has 1 heterocycles. The third-order valence-electron chi connectivity index (χ3n) is 4.61. The van der Waals surface area contributed by atoms with Crippen LogP contribution in [-0.2, 0) is 20.7 Å². The number of aliphatic hydroxyl groups is 2. The molecule has 1 aromatic carbocycles. The number of aryl methyl sites for hydroxylation is 1. The summed E-state index contributed by atoms with van der Waals surface area (Å²) < 4.78 is 16.0. The third kappa shape index (κ3) is 5.67. The number of ether oxygens (including phenoxy) is 3. The van der Waals surface area contributed by atoms with Gasteiger partial charge in [0, 0.05) is 27.3 Å². The molecule has 0 aromatic heterocycles. The van der Waals surface area contributed by atoms with E-state index in [1.165, 1.54) is 14.2 Å². The number of hydrogen-bond donors (Lipinski definition) is 2. The number of para-hydroxylation sites is 1. The monoisotopic (exact) mass is 367 g/mol. The molecule has 2 N–H and O–H groups in total. The number of methoxy groups -OCH3 is 2. The van der Waals surface area contributed by atoms with Gasteiger partial charge in [-0.05, 0) is 30.9 Å². The van der Waals surface area contributed by atoms with Crippen LogP contribution in [0.2, 0.25) is 0 Å². The second-order valence-electron chi connectivity index (χ2n) is 6.48. The number of carbonyl (C=O) groups excluding carboxylic acids is 1. The molecule has 0 saturated carbocycles. The van der Waals surface area contributed by atoms with Gasteiger partial charge in [0.1, 0.15) is 37.3 Å². The first-order chi connectivity index (χ1) is 12.6. The smallest absolute Gasteiger partial charge is 0.248 e. The highest BCUT2D eigenvalue weighted by Gasteiger charge is 2.30. The number of carbonyl (C=O) groups is 1. The van der Waals surface area contributed by atoms with Gasteiger partial charge in [0.05, 0.1) is 0 Å². The summed E-state index contributed by atoms with van der Waals surface area (Å²) in [5.41, 5.74) is 1.05. The highest BCUT2D eigenvalue weighted by atomic mass is 16.5. The summed E-state index contributed by atoms with van der Waals surface area (Å²) in [5, 5.41) is 20.7. The van der Waals surface area contributed by atoms with E-state index in [0.29, 0.717) is 12.3 Å².